The van der Waals surface area contributed by atoms with Crippen LogP contribution in [0.5, 0.6) is 0 Å². The number of rotatable bonds is 5. The van der Waals surface area contributed by atoms with Crippen molar-refractivity contribution in [2.24, 2.45) is 0 Å². The zero-order chi connectivity index (χ0) is 17.2. The third-order valence-corrected chi connectivity index (χ3v) is 6.43. The fraction of sp³-hybridized carbons (Fsp3) is 0.588. The predicted molar refractivity (Wildman–Crippen MR) is 91.9 cm³/mol. The molecule has 2 atom stereocenters. The molecule has 1 amide bonds. The minimum Gasteiger partial charge on any atom is -0.340 e. The smallest absolute Gasteiger partial charge is 0.239 e. The number of sulfone groups is 1. The first-order chi connectivity index (χ1) is 10.7. The molecule has 0 N–H and O–H groups in total. The fourth-order valence-corrected chi connectivity index (χ4v) is 4.64. The van der Waals surface area contributed by atoms with Crippen LogP contribution in [-0.4, -0.2) is 61.8 Å². The Morgan fingerprint density at radius 2 is 1.87 bits per heavy atom. The molecule has 6 heteroatoms. The van der Waals surface area contributed by atoms with Gasteiger partial charge in [-0.2, -0.15) is 0 Å². The van der Waals surface area contributed by atoms with Crippen LogP contribution in [0.3, 0.4) is 0 Å². The lowest BCUT2D eigenvalue weighted by atomic mass is 10.1. The number of amides is 1. The number of hydrogen-bond acceptors (Lipinski definition) is 4. The second kappa shape index (κ2) is 7.01. The molecule has 5 nitrogen and oxygen atoms in total. The molecule has 23 heavy (non-hydrogen) atoms. The van der Waals surface area contributed by atoms with Crippen LogP contribution in [0.25, 0.3) is 0 Å². The molecule has 1 aromatic carbocycles. The molecule has 0 aromatic heterocycles. The summed E-state index contributed by atoms with van der Waals surface area (Å²) in [6, 6.07) is 7.77. The summed E-state index contributed by atoms with van der Waals surface area (Å²) in [5.74, 6) is 0.244. The van der Waals surface area contributed by atoms with E-state index >= 15 is 0 Å². The Morgan fingerprint density at radius 1 is 1.26 bits per heavy atom. The van der Waals surface area contributed by atoms with Gasteiger partial charge in [0.25, 0.3) is 0 Å². The second-order valence-electron chi connectivity index (χ2n) is 6.58. The van der Waals surface area contributed by atoms with E-state index in [0.29, 0.717) is 13.0 Å². The monoisotopic (exact) mass is 338 g/mol. The number of carbonyl (C=O) groups excluding carboxylic acids is 1. The van der Waals surface area contributed by atoms with Crippen LogP contribution in [0.2, 0.25) is 0 Å². The molecule has 128 valence electrons. The fourth-order valence-electron chi connectivity index (χ4n) is 2.86. The maximum Gasteiger partial charge on any atom is 0.239 e. The van der Waals surface area contributed by atoms with Gasteiger partial charge in [-0.05, 0) is 32.9 Å². The Balaban J connectivity index is 1.96. The summed E-state index contributed by atoms with van der Waals surface area (Å²) in [7, 11) is 0.651. The van der Waals surface area contributed by atoms with Gasteiger partial charge in [0.15, 0.2) is 9.84 Å². The standard InChI is InChI=1S/C17H26N2O3S/c1-13-5-7-15(8-6-13)11-18(3)14(2)17(20)19(4)16-9-10-23(21,22)12-16/h5-8,14,16H,9-12H2,1-4H3/t14-,16+/m1/s1. The van der Waals surface area contributed by atoms with E-state index in [4.69, 9.17) is 0 Å². The molecule has 1 aliphatic rings. The van der Waals surface area contributed by atoms with Gasteiger partial charge in [-0.3, -0.25) is 9.69 Å². The number of benzene rings is 1. The van der Waals surface area contributed by atoms with E-state index in [9.17, 15) is 13.2 Å². The van der Waals surface area contributed by atoms with Crippen LogP contribution in [0.4, 0.5) is 0 Å². The van der Waals surface area contributed by atoms with Gasteiger partial charge < -0.3 is 4.90 Å². The molecule has 0 saturated carbocycles. The lowest BCUT2D eigenvalue weighted by Crippen LogP contribution is -2.48. The summed E-state index contributed by atoms with van der Waals surface area (Å²) in [6.07, 6.45) is 0.541. The molecule has 1 saturated heterocycles. The Bertz CT molecular complexity index is 655. The minimum atomic E-state index is -2.98. The normalized spacial score (nSPS) is 21.3. The summed E-state index contributed by atoms with van der Waals surface area (Å²) in [4.78, 5) is 16.2. The number of carbonyl (C=O) groups is 1. The third-order valence-electron chi connectivity index (χ3n) is 4.67. The highest BCUT2D eigenvalue weighted by Crippen LogP contribution is 2.18. The molecule has 1 fully saturated rings. The van der Waals surface area contributed by atoms with Crippen LogP contribution in [-0.2, 0) is 21.2 Å². The number of aryl methyl sites for hydroxylation is 1. The molecule has 0 unspecified atom stereocenters. The Morgan fingerprint density at radius 3 is 2.39 bits per heavy atom. The topological polar surface area (TPSA) is 57.7 Å². The lowest BCUT2D eigenvalue weighted by molar-refractivity contribution is -0.136. The second-order valence-corrected chi connectivity index (χ2v) is 8.81. The summed E-state index contributed by atoms with van der Waals surface area (Å²) in [5, 5.41) is 0. The zero-order valence-corrected chi connectivity index (χ0v) is 15.1. The maximum absolute atomic E-state index is 12.6. The van der Waals surface area contributed by atoms with Crippen molar-refractivity contribution >= 4 is 15.7 Å². The molecule has 0 aliphatic carbocycles. The van der Waals surface area contributed by atoms with E-state index in [2.05, 4.69) is 24.3 Å². The van der Waals surface area contributed by atoms with Crippen molar-refractivity contribution in [1.82, 2.24) is 9.80 Å². The van der Waals surface area contributed by atoms with Gasteiger partial charge in [0.05, 0.1) is 17.5 Å². The lowest BCUT2D eigenvalue weighted by Gasteiger charge is -2.31. The van der Waals surface area contributed by atoms with Gasteiger partial charge in [0.2, 0.25) is 5.91 Å². The van der Waals surface area contributed by atoms with Crippen molar-refractivity contribution in [3.8, 4) is 0 Å². The third kappa shape index (κ3) is 4.54. The van der Waals surface area contributed by atoms with E-state index in [-0.39, 0.29) is 29.5 Å². The van der Waals surface area contributed by atoms with Gasteiger partial charge >= 0.3 is 0 Å². The highest BCUT2D eigenvalue weighted by molar-refractivity contribution is 7.91. The van der Waals surface area contributed by atoms with Crippen LogP contribution in [0, 0.1) is 6.92 Å². The van der Waals surface area contributed by atoms with Crippen molar-refractivity contribution in [1.29, 1.82) is 0 Å². The molecule has 0 radical (unpaired) electrons. The van der Waals surface area contributed by atoms with Crippen molar-refractivity contribution in [3.63, 3.8) is 0 Å². The van der Waals surface area contributed by atoms with E-state index in [1.165, 1.54) is 5.56 Å². The van der Waals surface area contributed by atoms with Crippen molar-refractivity contribution in [3.05, 3.63) is 35.4 Å². The van der Waals surface area contributed by atoms with Gasteiger partial charge in [-0.1, -0.05) is 29.8 Å². The Labute approximate surface area is 139 Å². The zero-order valence-electron chi connectivity index (χ0n) is 14.3. The molecule has 1 aromatic rings. The first-order valence-electron chi connectivity index (χ1n) is 7.92. The maximum atomic E-state index is 12.6. The summed E-state index contributed by atoms with van der Waals surface area (Å²) in [6.45, 7) is 4.60. The molecule has 1 aliphatic heterocycles. The van der Waals surface area contributed by atoms with Crippen LogP contribution in [0.1, 0.15) is 24.5 Å². The highest BCUT2D eigenvalue weighted by atomic mass is 32.2. The molecule has 2 rings (SSSR count). The van der Waals surface area contributed by atoms with Crippen LogP contribution < -0.4 is 0 Å². The number of hydrogen-bond donors (Lipinski definition) is 0. The average molecular weight is 338 g/mol. The molecule has 0 spiro atoms. The van der Waals surface area contributed by atoms with Crippen molar-refractivity contribution in [2.75, 3.05) is 25.6 Å². The number of nitrogens with zero attached hydrogens (tertiary/aromatic N) is 2. The predicted octanol–water partition coefficient (Wildman–Crippen LogP) is 1.46. The van der Waals surface area contributed by atoms with Crippen LogP contribution in [0.15, 0.2) is 24.3 Å². The van der Waals surface area contributed by atoms with E-state index in [1.807, 2.05) is 25.8 Å². The van der Waals surface area contributed by atoms with Crippen molar-refractivity contribution < 1.29 is 13.2 Å². The quantitative estimate of drug-likeness (QED) is 0.816. The van der Waals surface area contributed by atoms with Gasteiger partial charge in [0.1, 0.15) is 0 Å². The first-order valence-corrected chi connectivity index (χ1v) is 9.74. The van der Waals surface area contributed by atoms with Crippen LogP contribution >= 0.6 is 0 Å². The average Bonchev–Trinajstić information content (AvgIpc) is 2.87. The molecule has 1 heterocycles. The molecular weight excluding hydrogens is 312 g/mol. The van der Waals surface area contributed by atoms with Crippen molar-refractivity contribution in [2.45, 2.75) is 38.9 Å². The summed E-state index contributed by atoms with van der Waals surface area (Å²) >= 11 is 0. The van der Waals surface area contributed by atoms with E-state index < -0.39 is 9.84 Å². The Hall–Kier alpha value is -1.40. The Kier molecular flexibility index (Phi) is 5.47. The van der Waals surface area contributed by atoms with E-state index in [1.54, 1.807) is 11.9 Å². The van der Waals surface area contributed by atoms with Gasteiger partial charge in [0, 0.05) is 19.6 Å². The van der Waals surface area contributed by atoms with E-state index in [0.717, 1.165) is 5.56 Å². The number of likely N-dealkylation sites (N-methyl/N-ethyl adjacent to an activating group) is 2. The SMILES string of the molecule is Cc1ccc(CN(C)[C@H](C)C(=O)N(C)[C@H]2CCS(=O)(=O)C2)cc1. The summed E-state index contributed by atoms with van der Waals surface area (Å²) < 4.78 is 23.2. The first kappa shape index (κ1) is 17.9. The van der Waals surface area contributed by atoms with Gasteiger partial charge in [-0.25, -0.2) is 8.42 Å². The largest absolute Gasteiger partial charge is 0.340 e. The van der Waals surface area contributed by atoms with Gasteiger partial charge in [-0.15, -0.1) is 0 Å². The molecular formula is C17H26N2O3S. The minimum absolute atomic E-state index is 0.0262. The highest BCUT2D eigenvalue weighted by Gasteiger charge is 2.34. The molecule has 0 bridgehead atoms. The summed E-state index contributed by atoms with van der Waals surface area (Å²) in [5.41, 5.74) is 2.37.